The van der Waals surface area contributed by atoms with E-state index in [1.165, 1.54) is 6.07 Å². The molecule has 0 bridgehead atoms. The second kappa shape index (κ2) is 12.2. The van der Waals surface area contributed by atoms with Crippen molar-refractivity contribution in [2.24, 2.45) is 16.2 Å². The van der Waals surface area contributed by atoms with Crippen molar-refractivity contribution in [3.8, 4) is 12.1 Å². The molecule has 0 atom stereocenters. The van der Waals surface area contributed by atoms with Crippen molar-refractivity contribution >= 4 is 31.7 Å². The maximum absolute atomic E-state index is 12.0. The lowest BCUT2D eigenvalue weighted by atomic mass is 9.86. The van der Waals surface area contributed by atoms with Crippen LogP contribution in [0.25, 0.3) is 0 Å². The Kier molecular flexibility index (Phi) is 10.5. The van der Waals surface area contributed by atoms with Gasteiger partial charge in [-0.25, -0.2) is 0 Å². The minimum Gasteiger partial charge on any atom is -0.261 e. The SMILES string of the molecule is N#CC(=NOS(=O)(=O)C(F)(F)F)C1=CCCC1.N#CC(=NOS(=O)(=O)C(F)(F)F)C1CCCCC1. The zero-order chi connectivity index (χ0) is 26.9. The Morgan fingerprint density at radius 1 is 0.857 bits per heavy atom. The summed E-state index contributed by atoms with van der Waals surface area (Å²) in [7, 11) is -11.6. The summed E-state index contributed by atoms with van der Waals surface area (Å²) in [4.78, 5) is 0. The predicted octanol–water partition coefficient (Wildman–Crippen LogP) is 4.15. The van der Waals surface area contributed by atoms with Gasteiger partial charge in [0.1, 0.15) is 12.1 Å². The number of alkyl halides is 6. The number of allylic oxidation sites excluding steroid dienone is 2. The fourth-order valence-corrected chi connectivity index (χ4v) is 3.38. The zero-order valence-electron chi connectivity index (χ0n) is 17.6. The normalized spacial score (nSPS) is 18.5. The van der Waals surface area contributed by atoms with Gasteiger partial charge in [0.2, 0.25) is 0 Å². The van der Waals surface area contributed by atoms with Crippen LogP contribution in [0.1, 0.15) is 51.4 Å². The van der Waals surface area contributed by atoms with E-state index < -0.39 is 37.0 Å². The lowest BCUT2D eigenvalue weighted by molar-refractivity contribution is -0.0545. The molecule has 2 aliphatic carbocycles. The Bertz CT molecular complexity index is 1140. The molecule has 1 saturated carbocycles. The van der Waals surface area contributed by atoms with Gasteiger partial charge in [-0.1, -0.05) is 35.6 Å². The Balaban J connectivity index is 0.000000351. The molecule has 2 aliphatic rings. The maximum Gasteiger partial charge on any atom is 0.536 e. The van der Waals surface area contributed by atoms with E-state index in [1.54, 1.807) is 12.1 Å². The van der Waals surface area contributed by atoms with E-state index in [1.807, 2.05) is 0 Å². The van der Waals surface area contributed by atoms with Crippen LogP contribution in [0.2, 0.25) is 0 Å². The van der Waals surface area contributed by atoms with E-state index >= 15 is 0 Å². The second-order valence-corrected chi connectivity index (χ2v) is 10.1. The fourth-order valence-electron chi connectivity index (χ4n) is 2.86. The molecule has 0 aromatic carbocycles. The number of nitriles is 2. The van der Waals surface area contributed by atoms with Crippen LogP contribution in [-0.2, 0) is 28.8 Å². The second-order valence-electron chi connectivity index (χ2n) is 7.05. The lowest BCUT2D eigenvalue weighted by Crippen LogP contribution is -2.25. The molecule has 0 spiro atoms. The minimum atomic E-state index is -5.80. The number of halogens is 6. The van der Waals surface area contributed by atoms with E-state index in [4.69, 9.17) is 10.5 Å². The van der Waals surface area contributed by atoms with Crippen molar-refractivity contribution in [2.45, 2.75) is 62.4 Å². The highest BCUT2D eigenvalue weighted by Crippen LogP contribution is 2.28. The van der Waals surface area contributed by atoms with Crippen molar-refractivity contribution in [3.05, 3.63) is 11.6 Å². The highest BCUT2D eigenvalue weighted by atomic mass is 32.2. The third-order valence-corrected chi connectivity index (χ3v) is 6.26. The molecule has 196 valence electrons. The summed E-state index contributed by atoms with van der Waals surface area (Å²) in [5, 5.41) is 22.9. The van der Waals surface area contributed by atoms with Gasteiger partial charge in [-0.2, -0.15) is 53.7 Å². The number of hydrogen-bond donors (Lipinski definition) is 0. The lowest BCUT2D eigenvalue weighted by Gasteiger charge is -2.19. The summed E-state index contributed by atoms with van der Waals surface area (Å²) in [6.07, 6.45) is 7.31. The van der Waals surface area contributed by atoms with Gasteiger partial charge in [0.25, 0.3) is 0 Å². The van der Waals surface area contributed by atoms with Gasteiger partial charge in [-0.15, -0.1) is 0 Å². The first kappa shape index (κ1) is 30.2. The summed E-state index contributed by atoms with van der Waals surface area (Å²) in [5.41, 5.74) is -11.5. The van der Waals surface area contributed by atoms with Gasteiger partial charge in [-0.3, -0.25) is 8.57 Å². The van der Waals surface area contributed by atoms with Crippen LogP contribution in [0.4, 0.5) is 26.3 Å². The van der Waals surface area contributed by atoms with Gasteiger partial charge in [0, 0.05) is 5.92 Å². The van der Waals surface area contributed by atoms with Gasteiger partial charge in [0.15, 0.2) is 11.4 Å². The molecule has 0 radical (unpaired) electrons. The molecule has 0 amide bonds. The summed E-state index contributed by atoms with van der Waals surface area (Å²) in [5.74, 6) is -0.327. The summed E-state index contributed by atoms with van der Waals surface area (Å²) in [6.45, 7) is 0. The van der Waals surface area contributed by atoms with Crippen molar-refractivity contribution in [1.82, 2.24) is 0 Å². The molecule has 0 aromatic rings. The van der Waals surface area contributed by atoms with E-state index in [-0.39, 0.29) is 11.6 Å². The first-order valence-corrected chi connectivity index (χ1v) is 12.5. The van der Waals surface area contributed by atoms with Crippen LogP contribution in [0.3, 0.4) is 0 Å². The number of oxime groups is 2. The van der Waals surface area contributed by atoms with Gasteiger partial charge < -0.3 is 0 Å². The third kappa shape index (κ3) is 9.02. The molecule has 0 aliphatic heterocycles. The summed E-state index contributed by atoms with van der Waals surface area (Å²) >= 11 is 0. The molecular weight excluding hydrogens is 534 g/mol. The van der Waals surface area contributed by atoms with Crippen molar-refractivity contribution in [3.63, 3.8) is 0 Å². The number of nitrogens with zero attached hydrogens (tertiary/aromatic N) is 4. The highest BCUT2D eigenvalue weighted by Gasteiger charge is 2.49. The molecule has 35 heavy (non-hydrogen) atoms. The predicted molar refractivity (Wildman–Crippen MR) is 107 cm³/mol. The average Bonchev–Trinajstić information content (AvgIpc) is 3.29. The number of hydrogen-bond acceptors (Lipinski definition) is 10. The van der Waals surface area contributed by atoms with Crippen LogP contribution in [0.5, 0.6) is 0 Å². The van der Waals surface area contributed by atoms with Crippen LogP contribution < -0.4 is 0 Å². The Morgan fingerprint density at radius 2 is 1.37 bits per heavy atom. The van der Waals surface area contributed by atoms with Crippen molar-refractivity contribution in [2.75, 3.05) is 0 Å². The Labute approximate surface area is 196 Å². The Morgan fingerprint density at radius 3 is 1.77 bits per heavy atom. The highest BCUT2D eigenvalue weighted by molar-refractivity contribution is 7.87. The fraction of sp³-hybridized carbons (Fsp3) is 0.647. The average molecular weight is 552 g/mol. The molecule has 0 saturated heterocycles. The molecular formula is C17H18F6N4O6S2. The molecule has 0 unspecified atom stereocenters. The first-order valence-electron chi connectivity index (χ1n) is 9.71. The molecule has 1 fully saturated rings. The third-order valence-electron chi connectivity index (χ3n) is 4.58. The first-order chi connectivity index (χ1) is 16.1. The quantitative estimate of drug-likeness (QED) is 0.206. The van der Waals surface area contributed by atoms with Gasteiger partial charge >= 0.3 is 31.3 Å². The topological polar surface area (TPSA) is 159 Å². The van der Waals surface area contributed by atoms with E-state index in [0.717, 1.165) is 25.7 Å². The number of rotatable bonds is 6. The zero-order valence-corrected chi connectivity index (χ0v) is 19.3. The van der Waals surface area contributed by atoms with E-state index in [2.05, 4.69) is 18.9 Å². The molecule has 0 N–H and O–H groups in total. The largest absolute Gasteiger partial charge is 0.536 e. The molecule has 2 rings (SSSR count). The smallest absolute Gasteiger partial charge is 0.261 e. The Hall–Kier alpha value is -2.86. The van der Waals surface area contributed by atoms with Crippen LogP contribution >= 0.6 is 0 Å². The minimum absolute atomic E-state index is 0.303. The molecule has 0 aromatic heterocycles. The van der Waals surface area contributed by atoms with Crippen LogP contribution in [0.15, 0.2) is 22.0 Å². The van der Waals surface area contributed by atoms with Gasteiger partial charge in [0.05, 0.1) is 0 Å². The summed E-state index contributed by atoms with van der Waals surface area (Å²) < 4.78 is 121. The van der Waals surface area contributed by atoms with Crippen molar-refractivity contribution in [1.29, 1.82) is 10.5 Å². The molecule has 10 nitrogen and oxygen atoms in total. The molecule has 0 heterocycles. The van der Waals surface area contributed by atoms with E-state index in [0.29, 0.717) is 31.3 Å². The van der Waals surface area contributed by atoms with Crippen LogP contribution in [-0.4, -0.2) is 39.3 Å². The van der Waals surface area contributed by atoms with Crippen LogP contribution in [0, 0.1) is 28.6 Å². The van der Waals surface area contributed by atoms with Crippen molar-refractivity contribution < 1.29 is 51.7 Å². The summed E-state index contributed by atoms with van der Waals surface area (Å²) in [6, 6.07) is 3.08. The molecule has 18 heteroatoms. The standard InChI is InChI=1S/C9H11F3N2O3S.C8H7F3N2O3S/c10-9(11,12)18(15,16)17-14-8(6-13)7-4-2-1-3-5-7;9-8(10,11)17(14,15)16-13-7(5-12)6-3-1-2-4-6/h7H,1-5H2;3H,1-2,4H2. The van der Waals surface area contributed by atoms with Gasteiger partial charge in [-0.05, 0) is 37.7 Å². The maximum atomic E-state index is 12.0. The van der Waals surface area contributed by atoms with E-state index in [9.17, 15) is 43.2 Å². The monoisotopic (exact) mass is 552 g/mol.